The number of rotatable bonds is 5. The zero-order valence-electron chi connectivity index (χ0n) is 21.4. The van der Waals surface area contributed by atoms with Crippen LogP contribution in [-0.4, -0.2) is 50.7 Å². The average molecular weight is 546 g/mol. The van der Waals surface area contributed by atoms with Gasteiger partial charge in [-0.05, 0) is 67.6 Å². The summed E-state index contributed by atoms with van der Waals surface area (Å²) in [5.41, 5.74) is 0.640. The monoisotopic (exact) mass is 545 g/mol. The Kier molecular flexibility index (Phi) is 9.76. The zero-order valence-corrected chi connectivity index (χ0v) is 22.3. The molecule has 2 aliphatic heterocycles. The largest absolute Gasteiger partial charge is 0.490 e. The molecule has 0 aromatic heterocycles. The molecule has 3 atom stereocenters. The predicted molar refractivity (Wildman–Crippen MR) is 139 cm³/mol. The maximum atomic E-state index is 13.4. The van der Waals surface area contributed by atoms with Gasteiger partial charge in [0, 0.05) is 0 Å². The molecule has 2 aromatic rings. The Morgan fingerprint density at radius 3 is 2.26 bits per heavy atom. The maximum Gasteiger partial charge on any atom is 0.243 e. The highest BCUT2D eigenvalue weighted by Crippen LogP contribution is 2.17. The highest BCUT2D eigenvalue weighted by molar-refractivity contribution is 7.89. The van der Waals surface area contributed by atoms with E-state index in [1.165, 1.54) is 6.92 Å². The van der Waals surface area contributed by atoms with E-state index in [2.05, 4.69) is 15.4 Å². The summed E-state index contributed by atoms with van der Waals surface area (Å²) < 4.78 is 47.5. The molecule has 0 fully saturated rings. The van der Waals surface area contributed by atoms with Crippen LogP contribution < -0.4 is 20.1 Å². The van der Waals surface area contributed by atoms with Gasteiger partial charge in [0.2, 0.25) is 21.8 Å². The number of Topliss-reactive ketones (excluding diaryl/α,β-unsaturated/α-hetero) is 1. The standard InChI is InChI=1S/C27H32FN3O6S/c1-17(2)25-27(34)29-23(18(3)32)6-4-5-15-37-21-11-7-19(8-12-21)16-24(26(33)30-25)31-38(35,36)22-13-9-20(28)10-14-22/h4-5,7-14,17,23-25,31H,6,15-16H2,1-3H3,(H,29,34)(H,30,33)/b5-4-/t23-,24-,25-/m0/s1. The van der Waals surface area contributed by atoms with Crippen LogP contribution in [0, 0.1) is 11.7 Å². The van der Waals surface area contributed by atoms with E-state index in [9.17, 15) is 27.2 Å². The molecule has 2 heterocycles. The molecule has 0 radical (unpaired) electrons. The molecule has 0 saturated heterocycles. The number of carbonyl (C=O) groups excluding carboxylic acids is 3. The number of fused-ring (bicyclic) bond motifs is 13. The summed E-state index contributed by atoms with van der Waals surface area (Å²) in [5, 5.41) is 5.33. The van der Waals surface area contributed by atoms with Crippen LogP contribution in [0.2, 0.25) is 0 Å². The molecule has 11 heteroatoms. The van der Waals surface area contributed by atoms with Gasteiger partial charge in [-0.2, -0.15) is 4.72 Å². The fourth-order valence-corrected chi connectivity index (χ4v) is 5.03. The van der Waals surface area contributed by atoms with Gasteiger partial charge in [0.05, 0.1) is 10.9 Å². The molecule has 2 bridgehead atoms. The van der Waals surface area contributed by atoms with Crippen molar-refractivity contribution in [3.05, 3.63) is 72.1 Å². The topological polar surface area (TPSA) is 131 Å². The van der Waals surface area contributed by atoms with Crippen molar-refractivity contribution in [2.75, 3.05) is 6.61 Å². The second-order valence-corrected chi connectivity index (χ2v) is 11.1. The van der Waals surface area contributed by atoms with Gasteiger partial charge in [-0.1, -0.05) is 38.1 Å². The van der Waals surface area contributed by atoms with E-state index in [-0.39, 0.29) is 36.0 Å². The fraction of sp³-hybridized carbons (Fsp3) is 0.370. The number of nitrogens with one attached hydrogen (secondary N) is 3. The third-order valence-corrected chi connectivity index (χ3v) is 7.53. The summed E-state index contributed by atoms with van der Waals surface area (Å²) in [5.74, 6) is -1.96. The average Bonchev–Trinajstić information content (AvgIpc) is 2.86. The number of amides is 2. The van der Waals surface area contributed by atoms with Crippen LogP contribution in [0.4, 0.5) is 4.39 Å². The first-order valence-electron chi connectivity index (χ1n) is 12.2. The first-order chi connectivity index (χ1) is 18.0. The van der Waals surface area contributed by atoms with Crippen molar-refractivity contribution >= 4 is 27.6 Å². The highest BCUT2D eigenvalue weighted by Gasteiger charge is 2.32. The summed E-state index contributed by atoms with van der Waals surface area (Å²) >= 11 is 0. The Labute approximate surface area is 221 Å². The van der Waals surface area contributed by atoms with Gasteiger partial charge in [0.1, 0.15) is 30.3 Å². The van der Waals surface area contributed by atoms with Crippen molar-refractivity contribution in [3.8, 4) is 5.75 Å². The molecule has 2 aliphatic rings. The Bertz CT molecular complexity index is 1280. The molecule has 9 nitrogen and oxygen atoms in total. The van der Waals surface area contributed by atoms with E-state index >= 15 is 0 Å². The molecule has 3 N–H and O–H groups in total. The smallest absolute Gasteiger partial charge is 0.243 e. The molecule has 2 amide bonds. The number of ketones is 1. The van der Waals surface area contributed by atoms with Gasteiger partial charge < -0.3 is 15.4 Å². The molecule has 2 aromatic carbocycles. The minimum absolute atomic E-state index is 0.0328. The number of hydrogen-bond donors (Lipinski definition) is 3. The van der Waals surface area contributed by atoms with Crippen LogP contribution in [0.3, 0.4) is 0 Å². The van der Waals surface area contributed by atoms with E-state index in [0.29, 0.717) is 11.3 Å². The number of hydrogen-bond acceptors (Lipinski definition) is 6. The lowest BCUT2D eigenvalue weighted by molar-refractivity contribution is -0.132. The quantitative estimate of drug-likeness (QED) is 0.494. The lowest BCUT2D eigenvalue weighted by atomic mass is 10.00. The molecule has 204 valence electrons. The molecule has 0 unspecified atom stereocenters. The number of carbonyl (C=O) groups is 3. The van der Waals surface area contributed by atoms with E-state index in [1.807, 2.05) is 0 Å². The maximum absolute atomic E-state index is 13.4. The summed E-state index contributed by atoms with van der Waals surface area (Å²) in [6.07, 6.45) is 3.69. The zero-order chi connectivity index (χ0) is 27.9. The van der Waals surface area contributed by atoms with Crippen LogP contribution in [0.25, 0.3) is 0 Å². The predicted octanol–water partition coefficient (Wildman–Crippen LogP) is 2.27. The lowest BCUT2D eigenvalue weighted by Gasteiger charge is -2.27. The van der Waals surface area contributed by atoms with Crippen LogP contribution >= 0.6 is 0 Å². The summed E-state index contributed by atoms with van der Waals surface area (Å²) in [6, 6.07) is 7.89. The minimum Gasteiger partial charge on any atom is -0.490 e. The highest BCUT2D eigenvalue weighted by atomic mass is 32.2. The second-order valence-electron chi connectivity index (χ2n) is 9.40. The first-order valence-corrected chi connectivity index (χ1v) is 13.7. The van der Waals surface area contributed by atoms with Gasteiger partial charge in [-0.15, -0.1) is 0 Å². The Balaban J connectivity index is 1.96. The van der Waals surface area contributed by atoms with Gasteiger partial charge in [0.15, 0.2) is 5.78 Å². The number of halogens is 1. The first kappa shape index (κ1) is 29.0. The molecule has 0 aliphatic carbocycles. The SMILES string of the molecule is CC(=O)[C@@H]1C/C=C\COc2ccc(cc2)C[C@H](NS(=O)(=O)c2ccc(F)cc2)C(=O)N[C@@H](C(C)C)C(=O)N1. The molecule has 0 saturated carbocycles. The summed E-state index contributed by atoms with van der Waals surface area (Å²) in [6.45, 7) is 5.06. The third-order valence-electron chi connectivity index (χ3n) is 6.04. The third kappa shape index (κ3) is 7.96. The van der Waals surface area contributed by atoms with Gasteiger partial charge >= 0.3 is 0 Å². The van der Waals surface area contributed by atoms with Crippen molar-refractivity contribution in [3.63, 3.8) is 0 Å². The molecule has 0 spiro atoms. The van der Waals surface area contributed by atoms with Gasteiger partial charge in [0.25, 0.3) is 0 Å². The van der Waals surface area contributed by atoms with Crippen LogP contribution in [-0.2, 0) is 30.8 Å². The molecule has 38 heavy (non-hydrogen) atoms. The fourth-order valence-electron chi connectivity index (χ4n) is 3.84. The van der Waals surface area contributed by atoms with E-state index in [1.54, 1.807) is 50.3 Å². The second kappa shape index (κ2) is 12.8. The summed E-state index contributed by atoms with van der Waals surface area (Å²) in [7, 11) is -4.22. The van der Waals surface area contributed by atoms with Crippen molar-refractivity contribution in [1.82, 2.24) is 15.4 Å². The van der Waals surface area contributed by atoms with E-state index < -0.39 is 45.8 Å². The minimum atomic E-state index is -4.22. The van der Waals surface area contributed by atoms with Gasteiger partial charge in [-0.3, -0.25) is 14.4 Å². The van der Waals surface area contributed by atoms with Crippen molar-refractivity contribution in [1.29, 1.82) is 0 Å². The van der Waals surface area contributed by atoms with Crippen LogP contribution in [0.15, 0.2) is 65.6 Å². The molecular weight excluding hydrogens is 513 g/mol. The lowest BCUT2D eigenvalue weighted by Crippen LogP contribution is -2.57. The normalized spacial score (nSPS) is 22.2. The number of benzene rings is 2. The molecular formula is C27H32FN3O6S. The van der Waals surface area contributed by atoms with Crippen LogP contribution in [0.5, 0.6) is 5.75 Å². The summed E-state index contributed by atoms with van der Waals surface area (Å²) in [4.78, 5) is 38.5. The van der Waals surface area contributed by atoms with Crippen molar-refractivity contribution in [2.24, 2.45) is 5.92 Å². The molecule has 4 rings (SSSR count). The van der Waals surface area contributed by atoms with E-state index in [0.717, 1.165) is 24.3 Å². The van der Waals surface area contributed by atoms with Crippen LogP contribution in [0.1, 0.15) is 32.8 Å². The number of sulfonamides is 1. The van der Waals surface area contributed by atoms with E-state index in [4.69, 9.17) is 4.74 Å². The van der Waals surface area contributed by atoms with Crippen molar-refractivity contribution < 1.29 is 31.9 Å². The number of ether oxygens (including phenoxy) is 1. The Morgan fingerprint density at radius 1 is 1.00 bits per heavy atom. The Hall–Kier alpha value is -3.57. The van der Waals surface area contributed by atoms with Gasteiger partial charge in [-0.25, -0.2) is 12.8 Å². The van der Waals surface area contributed by atoms with Crippen molar-refractivity contribution in [2.45, 2.75) is 56.6 Å². The Morgan fingerprint density at radius 2 is 1.66 bits per heavy atom.